The Hall–Kier alpha value is -2.82. The molecule has 25 heavy (non-hydrogen) atoms. The van der Waals surface area contributed by atoms with E-state index in [1.54, 1.807) is 0 Å². The summed E-state index contributed by atoms with van der Waals surface area (Å²) in [5, 5.41) is 12.8. The Kier molecular flexibility index (Phi) is 4.74. The molecule has 1 aliphatic carbocycles. The molecule has 0 bridgehead atoms. The second kappa shape index (κ2) is 6.97. The molecule has 0 saturated heterocycles. The number of carbonyl (C=O) groups excluding carboxylic acids is 1. The van der Waals surface area contributed by atoms with Crippen molar-refractivity contribution in [2.75, 3.05) is 12.4 Å². The molecule has 1 aliphatic rings. The van der Waals surface area contributed by atoms with E-state index in [9.17, 15) is 14.7 Å². The van der Waals surface area contributed by atoms with Crippen LogP contribution in [0.25, 0.3) is 0 Å². The van der Waals surface area contributed by atoms with Crippen molar-refractivity contribution in [3.05, 3.63) is 59.7 Å². The molecule has 0 aromatic heterocycles. The number of esters is 1. The first-order valence-electron chi connectivity index (χ1n) is 8.30. The van der Waals surface area contributed by atoms with Gasteiger partial charge in [0.05, 0.1) is 18.9 Å². The lowest BCUT2D eigenvalue weighted by molar-refractivity contribution is -0.147. The Bertz CT molecular complexity index is 761. The van der Waals surface area contributed by atoms with Crippen LogP contribution in [-0.2, 0) is 26.2 Å². The molecule has 0 radical (unpaired) electrons. The van der Waals surface area contributed by atoms with E-state index < -0.39 is 11.4 Å². The maximum absolute atomic E-state index is 11.6. The van der Waals surface area contributed by atoms with E-state index in [2.05, 4.69) is 10.1 Å². The van der Waals surface area contributed by atoms with Gasteiger partial charge in [-0.2, -0.15) is 0 Å². The SMILES string of the molecule is COC(=O)Cc1ccc(Nc2ccc(C3(C(=O)O)CCC3)cc2)cc1. The minimum absolute atomic E-state index is 0.253. The van der Waals surface area contributed by atoms with Gasteiger partial charge in [-0.05, 0) is 48.2 Å². The van der Waals surface area contributed by atoms with E-state index in [0.717, 1.165) is 28.9 Å². The van der Waals surface area contributed by atoms with Crippen molar-refractivity contribution in [2.24, 2.45) is 0 Å². The summed E-state index contributed by atoms with van der Waals surface area (Å²) >= 11 is 0. The number of carbonyl (C=O) groups is 2. The van der Waals surface area contributed by atoms with Crippen molar-refractivity contribution >= 4 is 23.3 Å². The van der Waals surface area contributed by atoms with Crippen molar-refractivity contribution in [3.63, 3.8) is 0 Å². The first kappa shape index (κ1) is 17.0. The quantitative estimate of drug-likeness (QED) is 0.786. The molecule has 0 atom stereocenters. The van der Waals surface area contributed by atoms with Crippen LogP contribution in [-0.4, -0.2) is 24.2 Å². The van der Waals surface area contributed by atoms with E-state index in [1.165, 1.54) is 7.11 Å². The normalized spacial score (nSPS) is 15.1. The standard InChI is InChI=1S/C20H21NO4/c1-25-18(22)13-14-3-7-16(8-4-14)21-17-9-5-15(6-10-17)20(19(23)24)11-2-12-20/h3-10,21H,2,11-13H2,1H3,(H,23,24). The first-order chi connectivity index (χ1) is 12.0. The van der Waals surface area contributed by atoms with Crippen LogP contribution in [0.15, 0.2) is 48.5 Å². The number of carboxylic acid groups (broad SMARTS) is 1. The largest absolute Gasteiger partial charge is 0.481 e. The average molecular weight is 339 g/mol. The molecule has 2 N–H and O–H groups in total. The molecule has 1 saturated carbocycles. The number of aliphatic carboxylic acids is 1. The van der Waals surface area contributed by atoms with E-state index in [4.69, 9.17) is 0 Å². The number of benzene rings is 2. The summed E-state index contributed by atoms with van der Waals surface area (Å²) in [6.07, 6.45) is 2.63. The van der Waals surface area contributed by atoms with Crippen molar-refractivity contribution in [2.45, 2.75) is 31.1 Å². The van der Waals surface area contributed by atoms with E-state index in [0.29, 0.717) is 12.8 Å². The Morgan fingerprint density at radius 2 is 1.60 bits per heavy atom. The van der Waals surface area contributed by atoms with Gasteiger partial charge in [-0.3, -0.25) is 9.59 Å². The highest BCUT2D eigenvalue weighted by Crippen LogP contribution is 2.44. The Balaban J connectivity index is 1.67. The number of rotatable bonds is 6. The average Bonchev–Trinajstić information content (AvgIpc) is 2.56. The van der Waals surface area contributed by atoms with Crippen LogP contribution < -0.4 is 5.32 Å². The Morgan fingerprint density at radius 1 is 1.04 bits per heavy atom. The van der Waals surface area contributed by atoms with Gasteiger partial charge in [-0.25, -0.2) is 0 Å². The van der Waals surface area contributed by atoms with Gasteiger partial charge in [0.2, 0.25) is 0 Å². The summed E-state index contributed by atoms with van der Waals surface area (Å²) in [5.74, 6) is -1.000. The van der Waals surface area contributed by atoms with Crippen LogP contribution in [0.4, 0.5) is 11.4 Å². The minimum Gasteiger partial charge on any atom is -0.481 e. The smallest absolute Gasteiger partial charge is 0.314 e. The van der Waals surface area contributed by atoms with Crippen molar-refractivity contribution in [1.82, 2.24) is 0 Å². The number of hydrogen-bond acceptors (Lipinski definition) is 4. The number of carboxylic acids is 1. The van der Waals surface area contributed by atoms with Crippen LogP contribution in [0, 0.1) is 0 Å². The summed E-state index contributed by atoms with van der Waals surface area (Å²) in [7, 11) is 1.38. The molecule has 2 aromatic rings. The van der Waals surface area contributed by atoms with Gasteiger partial charge in [0.25, 0.3) is 0 Å². The van der Waals surface area contributed by atoms with Crippen molar-refractivity contribution in [3.8, 4) is 0 Å². The summed E-state index contributed by atoms with van der Waals surface area (Å²) < 4.78 is 4.65. The van der Waals surface area contributed by atoms with E-state index in [1.807, 2.05) is 48.5 Å². The minimum atomic E-state index is -0.736. The molecular formula is C20H21NO4. The number of methoxy groups -OCH3 is 1. The van der Waals surface area contributed by atoms with Crippen LogP contribution in [0.3, 0.4) is 0 Å². The zero-order valence-electron chi connectivity index (χ0n) is 14.1. The summed E-state index contributed by atoms with van der Waals surface area (Å²) in [6, 6.07) is 15.1. The summed E-state index contributed by atoms with van der Waals surface area (Å²) in [6.45, 7) is 0. The summed E-state index contributed by atoms with van der Waals surface area (Å²) in [5.41, 5.74) is 2.85. The lowest BCUT2D eigenvalue weighted by atomic mass is 9.64. The van der Waals surface area contributed by atoms with Crippen LogP contribution >= 0.6 is 0 Å². The monoisotopic (exact) mass is 339 g/mol. The highest BCUT2D eigenvalue weighted by molar-refractivity contribution is 5.83. The molecule has 130 valence electrons. The molecule has 0 heterocycles. The zero-order chi connectivity index (χ0) is 17.9. The highest BCUT2D eigenvalue weighted by atomic mass is 16.5. The Labute approximate surface area is 146 Å². The van der Waals surface area contributed by atoms with Gasteiger partial charge in [0.1, 0.15) is 0 Å². The summed E-state index contributed by atoms with van der Waals surface area (Å²) in [4.78, 5) is 22.8. The number of nitrogens with one attached hydrogen (secondary N) is 1. The molecule has 5 nitrogen and oxygen atoms in total. The van der Waals surface area contributed by atoms with Gasteiger partial charge >= 0.3 is 11.9 Å². The van der Waals surface area contributed by atoms with Gasteiger partial charge < -0.3 is 15.2 Å². The number of anilines is 2. The van der Waals surface area contributed by atoms with Gasteiger partial charge in [-0.15, -0.1) is 0 Å². The third-order valence-electron chi connectivity index (χ3n) is 4.87. The predicted molar refractivity (Wildman–Crippen MR) is 95.1 cm³/mol. The highest BCUT2D eigenvalue weighted by Gasteiger charge is 2.45. The third kappa shape index (κ3) is 3.50. The fourth-order valence-corrected chi connectivity index (χ4v) is 3.14. The number of ether oxygens (including phenoxy) is 1. The van der Waals surface area contributed by atoms with Crippen LogP contribution in [0.1, 0.15) is 30.4 Å². The van der Waals surface area contributed by atoms with Crippen LogP contribution in [0.2, 0.25) is 0 Å². The predicted octanol–water partition coefficient (Wildman–Crippen LogP) is 3.65. The van der Waals surface area contributed by atoms with E-state index in [-0.39, 0.29) is 12.4 Å². The van der Waals surface area contributed by atoms with Crippen LogP contribution in [0.5, 0.6) is 0 Å². The van der Waals surface area contributed by atoms with Gasteiger partial charge in [-0.1, -0.05) is 30.7 Å². The molecular weight excluding hydrogens is 318 g/mol. The molecule has 0 amide bonds. The molecule has 0 aliphatic heterocycles. The number of hydrogen-bond donors (Lipinski definition) is 2. The maximum Gasteiger partial charge on any atom is 0.314 e. The lowest BCUT2D eigenvalue weighted by Gasteiger charge is -2.38. The molecule has 0 spiro atoms. The second-order valence-electron chi connectivity index (χ2n) is 6.39. The molecule has 5 heteroatoms. The molecule has 0 unspecified atom stereocenters. The van der Waals surface area contributed by atoms with Gasteiger partial charge in [0, 0.05) is 11.4 Å². The lowest BCUT2D eigenvalue weighted by Crippen LogP contribution is -2.42. The zero-order valence-corrected chi connectivity index (χ0v) is 14.1. The molecule has 3 rings (SSSR count). The fraction of sp³-hybridized carbons (Fsp3) is 0.300. The first-order valence-corrected chi connectivity index (χ1v) is 8.30. The third-order valence-corrected chi connectivity index (χ3v) is 4.87. The maximum atomic E-state index is 11.6. The van der Waals surface area contributed by atoms with E-state index >= 15 is 0 Å². The van der Waals surface area contributed by atoms with Gasteiger partial charge in [0.15, 0.2) is 0 Å². The molecule has 1 fully saturated rings. The van der Waals surface area contributed by atoms with Crippen molar-refractivity contribution in [1.29, 1.82) is 0 Å². The topological polar surface area (TPSA) is 75.6 Å². The Morgan fingerprint density at radius 3 is 2.04 bits per heavy atom. The van der Waals surface area contributed by atoms with Crippen molar-refractivity contribution < 1.29 is 19.4 Å². The fourth-order valence-electron chi connectivity index (χ4n) is 3.14. The second-order valence-corrected chi connectivity index (χ2v) is 6.39. The molecule has 2 aromatic carbocycles.